The van der Waals surface area contributed by atoms with Gasteiger partial charge in [-0.25, -0.2) is 0 Å². The number of halogens is 4. The Bertz CT molecular complexity index is 323. The molecular formula is C11H14BrF3O. The van der Waals surface area contributed by atoms with E-state index < -0.39 is 6.36 Å². The summed E-state index contributed by atoms with van der Waals surface area (Å²) in [5.41, 5.74) is 0.784. The molecule has 92 valence electrons. The molecule has 0 atom stereocenters. The van der Waals surface area contributed by atoms with Gasteiger partial charge in [0, 0.05) is 4.47 Å². The largest absolute Gasteiger partial charge is 0.573 e. The highest BCUT2D eigenvalue weighted by Gasteiger charge is 2.31. The average Bonchev–Trinajstić information content (AvgIpc) is 2.22. The van der Waals surface area contributed by atoms with Crippen LogP contribution < -0.4 is 4.74 Å². The fourth-order valence-electron chi connectivity index (χ4n) is 1.02. The normalized spacial score (nSPS) is 10.4. The van der Waals surface area contributed by atoms with Gasteiger partial charge >= 0.3 is 6.36 Å². The smallest absolute Gasteiger partial charge is 0.406 e. The Morgan fingerprint density at radius 3 is 2.25 bits per heavy atom. The number of hydrogen-bond donors (Lipinski definition) is 0. The zero-order chi connectivity index (χ0) is 12.8. The van der Waals surface area contributed by atoms with Crippen LogP contribution in [0.15, 0.2) is 22.7 Å². The molecule has 1 rings (SSSR count). The summed E-state index contributed by atoms with van der Waals surface area (Å²) in [6, 6.07) is 4.19. The molecule has 0 bridgehead atoms. The van der Waals surface area contributed by atoms with Gasteiger partial charge in [0.25, 0.3) is 0 Å². The van der Waals surface area contributed by atoms with Crippen LogP contribution in [0.4, 0.5) is 13.2 Å². The fourth-order valence-corrected chi connectivity index (χ4v) is 1.55. The first-order valence-corrected chi connectivity index (χ1v) is 5.76. The third-order valence-electron chi connectivity index (χ3n) is 1.63. The maximum atomic E-state index is 11.8. The lowest BCUT2D eigenvalue weighted by Crippen LogP contribution is -2.17. The molecule has 0 spiro atoms. The van der Waals surface area contributed by atoms with Crippen molar-refractivity contribution in [2.75, 3.05) is 0 Å². The third kappa shape index (κ3) is 5.39. The molecule has 0 unspecified atom stereocenters. The Balaban J connectivity index is 0.00000106. The predicted molar refractivity (Wildman–Crippen MR) is 61.6 cm³/mol. The van der Waals surface area contributed by atoms with Crippen LogP contribution in [0.1, 0.15) is 26.3 Å². The summed E-state index contributed by atoms with van der Waals surface area (Å²) in [7, 11) is 0. The van der Waals surface area contributed by atoms with E-state index in [4.69, 9.17) is 0 Å². The molecule has 0 radical (unpaired) electrons. The van der Waals surface area contributed by atoms with Gasteiger partial charge in [-0.05, 0) is 30.2 Å². The van der Waals surface area contributed by atoms with Crippen molar-refractivity contribution >= 4 is 15.9 Å². The van der Waals surface area contributed by atoms with Gasteiger partial charge in [0.1, 0.15) is 5.75 Å². The van der Waals surface area contributed by atoms with Crippen molar-refractivity contribution in [2.45, 2.75) is 33.6 Å². The Morgan fingerprint density at radius 2 is 1.81 bits per heavy atom. The molecule has 0 fully saturated rings. The number of benzene rings is 1. The average molecular weight is 299 g/mol. The van der Waals surface area contributed by atoms with E-state index >= 15 is 0 Å². The van der Waals surface area contributed by atoms with E-state index in [1.807, 2.05) is 20.8 Å². The molecule has 0 aliphatic rings. The molecule has 16 heavy (non-hydrogen) atoms. The minimum Gasteiger partial charge on any atom is -0.406 e. The highest BCUT2D eigenvalue weighted by Crippen LogP contribution is 2.27. The van der Waals surface area contributed by atoms with Crippen LogP contribution in [0, 0.1) is 0 Å². The monoisotopic (exact) mass is 298 g/mol. The Kier molecular flexibility index (Phi) is 6.48. The van der Waals surface area contributed by atoms with E-state index in [0.717, 1.165) is 10.0 Å². The Labute approximate surface area is 102 Å². The van der Waals surface area contributed by atoms with Crippen LogP contribution in [0.3, 0.4) is 0 Å². The van der Waals surface area contributed by atoms with Gasteiger partial charge in [0.05, 0.1) is 0 Å². The zero-order valence-electron chi connectivity index (χ0n) is 9.36. The van der Waals surface area contributed by atoms with Gasteiger partial charge in [-0.1, -0.05) is 36.7 Å². The van der Waals surface area contributed by atoms with E-state index in [2.05, 4.69) is 20.7 Å². The van der Waals surface area contributed by atoms with Gasteiger partial charge in [0.15, 0.2) is 0 Å². The lowest BCUT2D eigenvalue weighted by molar-refractivity contribution is -0.274. The minimum absolute atomic E-state index is 0.183. The Morgan fingerprint density at radius 1 is 1.25 bits per heavy atom. The molecule has 0 aliphatic heterocycles. The number of ether oxygens (including phenoxy) is 1. The second-order valence-electron chi connectivity index (χ2n) is 2.65. The van der Waals surface area contributed by atoms with E-state index in [0.29, 0.717) is 6.42 Å². The molecule has 0 saturated heterocycles. The van der Waals surface area contributed by atoms with Crippen molar-refractivity contribution in [3.05, 3.63) is 28.2 Å². The van der Waals surface area contributed by atoms with E-state index in [1.165, 1.54) is 12.1 Å². The van der Waals surface area contributed by atoms with E-state index in [-0.39, 0.29) is 5.75 Å². The van der Waals surface area contributed by atoms with Crippen molar-refractivity contribution in [3.8, 4) is 5.75 Å². The first kappa shape index (κ1) is 15.3. The fraction of sp³-hybridized carbons (Fsp3) is 0.455. The minimum atomic E-state index is -4.63. The number of alkyl halides is 3. The number of hydrogen-bond acceptors (Lipinski definition) is 1. The van der Waals surface area contributed by atoms with Gasteiger partial charge in [0.2, 0.25) is 0 Å². The summed E-state index contributed by atoms with van der Waals surface area (Å²) in [5, 5.41) is 0. The Hall–Kier alpha value is -0.710. The maximum Gasteiger partial charge on any atom is 0.573 e. The highest BCUT2D eigenvalue weighted by atomic mass is 79.9. The van der Waals surface area contributed by atoms with E-state index in [9.17, 15) is 13.2 Å². The maximum absolute atomic E-state index is 11.8. The lowest BCUT2D eigenvalue weighted by atomic mass is 10.2. The molecule has 5 heteroatoms. The highest BCUT2D eigenvalue weighted by molar-refractivity contribution is 9.10. The van der Waals surface area contributed by atoms with Gasteiger partial charge in [-0.2, -0.15) is 0 Å². The summed E-state index contributed by atoms with van der Waals surface area (Å²) < 4.78 is 40.1. The summed E-state index contributed by atoms with van der Waals surface area (Å²) in [5.74, 6) is -0.183. The zero-order valence-corrected chi connectivity index (χ0v) is 10.9. The van der Waals surface area contributed by atoms with Crippen LogP contribution >= 0.6 is 15.9 Å². The molecule has 0 amide bonds. The van der Waals surface area contributed by atoms with Crippen molar-refractivity contribution in [2.24, 2.45) is 0 Å². The summed E-state index contributed by atoms with van der Waals surface area (Å²) in [6.07, 6.45) is -3.98. The van der Waals surface area contributed by atoms with Crippen LogP contribution in [0.5, 0.6) is 5.75 Å². The molecule has 1 aromatic rings. The summed E-state index contributed by atoms with van der Waals surface area (Å²) in [4.78, 5) is 0. The van der Waals surface area contributed by atoms with Gasteiger partial charge in [-0.15, -0.1) is 13.2 Å². The number of aryl methyl sites for hydroxylation is 1. The van der Waals surface area contributed by atoms with Crippen LogP contribution in [-0.4, -0.2) is 6.36 Å². The molecule has 0 heterocycles. The number of rotatable bonds is 2. The lowest BCUT2D eigenvalue weighted by Gasteiger charge is -2.10. The predicted octanol–water partition coefficient (Wildman–Crippen LogP) is 4.94. The van der Waals surface area contributed by atoms with Gasteiger partial charge in [-0.3, -0.25) is 0 Å². The first-order chi connectivity index (χ1) is 7.42. The van der Waals surface area contributed by atoms with Crippen LogP contribution in [-0.2, 0) is 6.42 Å². The quantitative estimate of drug-likeness (QED) is 0.752. The van der Waals surface area contributed by atoms with Crippen LogP contribution in [0.25, 0.3) is 0 Å². The van der Waals surface area contributed by atoms with Crippen molar-refractivity contribution in [3.63, 3.8) is 0 Å². The third-order valence-corrected chi connectivity index (χ3v) is 2.41. The van der Waals surface area contributed by atoms with Crippen molar-refractivity contribution in [1.82, 2.24) is 0 Å². The summed E-state index contributed by atoms with van der Waals surface area (Å²) in [6.45, 7) is 5.86. The molecule has 1 aromatic carbocycles. The second kappa shape index (κ2) is 6.78. The summed E-state index contributed by atoms with van der Waals surface area (Å²) >= 11 is 3.23. The SMILES string of the molecule is CC.CCc1cc(OC(F)(F)F)ccc1Br. The molecule has 1 nitrogen and oxygen atoms in total. The van der Waals surface area contributed by atoms with Crippen LogP contribution in [0.2, 0.25) is 0 Å². The standard InChI is InChI=1S/C9H8BrF3O.C2H6/c1-2-6-5-7(3-4-8(6)10)14-9(11,12)13;1-2/h3-5H,2H2,1H3;1-2H3. The van der Waals surface area contributed by atoms with E-state index in [1.54, 1.807) is 6.07 Å². The first-order valence-electron chi connectivity index (χ1n) is 4.96. The topological polar surface area (TPSA) is 9.23 Å². The van der Waals surface area contributed by atoms with Crippen molar-refractivity contribution in [1.29, 1.82) is 0 Å². The molecular weight excluding hydrogens is 285 g/mol. The molecule has 0 saturated carbocycles. The second-order valence-corrected chi connectivity index (χ2v) is 3.51. The molecule has 0 aromatic heterocycles. The molecule has 0 aliphatic carbocycles. The van der Waals surface area contributed by atoms with Crippen molar-refractivity contribution < 1.29 is 17.9 Å². The van der Waals surface area contributed by atoms with Gasteiger partial charge < -0.3 is 4.74 Å². The molecule has 0 N–H and O–H groups in total.